The van der Waals surface area contributed by atoms with Crippen LogP contribution in [0.1, 0.15) is 91.3 Å². The Hall–Kier alpha value is -4.64. The fourth-order valence-corrected chi connectivity index (χ4v) is 6.68. The summed E-state index contributed by atoms with van der Waals surface area (Å²) in [6.45, 7) is 12.4. The highest BCUT2D eigenvalue weighted by Crippen LogP contribution is 2.29. The van der Waals surface area contributed by atoms with Crippen molar-refractivity contribution < 1.29 is 37.8 Å². The molecular weight excluding hydrogens is 668 g/mol. The van der Waals surface area contributed by atoms with Gasteiger partial charge in [0.2, 0.25) is 5.91 Å². The summed E-state index contributed by atoms with van der Waals surface area (Å²) < 4.78 is 34.5. The fraction of sp³-hybridized carbons (Fsp3) is 0.463. The number of carbonyl (C=O) groups is 4. The van der Waals surface area contributed by atoms with Crippen LogP contribution in [-0.2, 0) is 22.5 Å². The predicted molar refractivity (Wildman–Crippen MR) is 195 cm³/mol. The highest BCUT2D eigenvalue weighted by Gasteiger charge is 2.46. The van der Waals surface area contributed by atoms with Crippen molar-refractivity contribution in [2.75, 3.05) is 26.2 Å². The maximum atomic E-state index is 14.4. The number of aryl methyl sites for hydroxylation is 1. The molecule has 1 aliphatic rings. The molecule has 3 aromatic carbocycles. The summed E-state index contributed by atoms with van der Waals surface area (Å²) in [7, 11) is 0. The lowest BCUT2D eigenvalue weighted by molar-refractivity contribution is -0.149. The third kappa shape index (κ3) is 10.7. The van der Waals surface area contributed by atoms with Crippen LogP contribution >= 0.6 is 0 Å². The van der Waals surface area contributed by atoms with E-state index in [0.29, 0.717) is 24.2 Å². The van der Waals surface area contributed by atoms with Crippen molar-refractivity contribution in [1.82, 2.24) is 14.7 Å². The Bertz CT molecular complexity index is 1700. The highest BCUT2D eigenvalue weighted by atomic mass is 19.1. The number of hydrogen-bond acceptors (Lipinski definition) is 6. The van der Waals surface area contributed by atoms with Crippen molar-refractivity contribution in [3.8, 4) is 0 Å². The number of ketones is 1. The molecule has 1 saturated heterocycles. The van der Waals surface area contributed by atoms with Gasteiger partial charge in [0.25, 0.3) is 5.91 Å². The summed E-state index contributed by atoms with van der Waals surface area (Å²) in [6.07, 6.45) is -1.46. The van der Waals surface area contributed by atoms with Crippen LogP contribution in [0.25, 0.3) is 0 Å². The molecule has 280 valence electrons. The van der Waals surface area contributed by atoms with Crippen LogP contribution in [-0.4, -0.2) is 87.4 Å². The van der Waals surface area contributed by atoms with Gasteiger partial charge in [0.1, 0.15) is 23.3 Å². The standard InChI is InChI=1S/C41H51F2N3O6/c1-7-14-44(15-8-2)38(49)32-19-27(3)18-30(23-32)35(47)24-31(20-29-21-33(42)25-34(43)22-29)37(48)36-39(50)45(26-28-12-10-9-11-13-28)16-17-46(36)40(51)52-41(4,5)6/h9-13,18-19,21-23,25,31,36-37,48H,7-8,14-17,20,24,26H2,1-6H3/t31-,36+,37+/m1/s1. The van der Waals surface area contributed by atoms with Gasteiger partial charge in [-0.3, -0.25) is 19.3 Å². The first-order chi connectivity index (χ1) is 24.6. The average Bonchev–Trinajstić information content (AvgIpc) is 3.07. The number of nitrogens with zero attached hydrogens (tertiary/aromatic N) is 3. The number of ether oxygens (including phenoxy) is 1. The van der Waals surface area contributed by atoms with Crippen LogP contribution in [0.4, 0.5) is 13.6 Å². The van der Waals surface area contributed by atoms with Crippen LogP contribution in [0.2, 0.25) is 0 Å². The Morgan fingerprint density at radius 2 is 1.52 bits per heavy atom. The molecule has 4 rings (SSSR count). The number of Topliss-reactive ketones (excluding diaryl/α,β-unsaturated/α-hetero) is 1. The molecule has 11 heteroatoms. The van der Waals surface area contributed by atoms with Crippen molar-refractivity contribution >= 4 is 23.7 Å². The van der Waals surface area contributed by atoms with E-state index in [0.717, 1.165) is 36.6 Å². The molecule has 0 spiro atoms. The lowest BCUT2D eigenvalue weighted by Gasteiger charge is -2.44. The van der Waals surface area contributed by atoms with Crippen molar-refractivity contribution in [3.05, 3.63) is 106 Å². The molecule has 0 aliphatic carbocycles. The van der Waals surface area contributed by atoms with Gasteiger partial charge < -0.3 is 19.6 Å². The zero-order valence-corrected chi connectivity index (χ0v) is 31.0. The Morgan fingerprint density at radius 3 is 2.12 bits per heavy atom. The first-order valence-electron chi connectivity index (χ1n) is 18.0. The SMILES string of the molecule is CCCN(CCC)C(=O)c1cc(C)cc(C(=O)C[C@@H](Cc2cc(F)cc(F)c2)[C@H](O)[C@H]2C(=O)N(Cc3ccccc3)CCN2C(=O)OC(C)(C)C)c1. The number of halogens is 2. The molecule has 3 amide bonds. The van der Waals surface area contributed by atoms with Gasteiger partial charge in [-0.25, -0.2) is 13.6 Å². The number of hydrogen-bond donors (Lipinski definition) is 1. The van der Waals surface area contributed by atoms with E-state index in [2.05, 4.69) is 0 Å². The Kier molecular flexibility index (Phi) is 13.7. The van der Waals surface area contributed by atoms with E-state index in [1.807, 2.05) is 44.2 Å². The van der Waals surface area contributed by atoms with Crippen molar-refractivity contribution in [3.63, 3.8) is 0 Å². The zero-order chi connectivity index (χ0) is 38.2. The third-order valence-electron chi connectivity index (χ3n) is 8.95. The Morgan fingerprint density at radius 1 is 0.904 bits per heavy atom. The number of piperazine rings is 1. The molecule has 3 atom stereocenters. The zero-order valence-electron chi connectivity index (χ0n) is 31.0. The normalized spacial score (nSPS) is 16.0. The van der Waals surface area contributed by atoms with Crippen LogP contribution in [0.15, 0.2) is 66.7 Å². The molecule has 1 aliphatic heterocycles. The van der Waals surface area contributed by atoms with E-state index in [1.165, 1.54) is 11.0 Å². The second-order valence-electron chi connectivity index (χ2n) is 14.6. The summed E-state index contributed by atoms with van der Waals surface area (Å²) in [4.78, 5) is 59.9. The van der Waals surface area contributed by atoms with Gasteiger partial charge in [0.05, 0.1) is 6.10 Å². The van der Waals surface area contributed by atoms with E-state index >= 15 is 0 Å². The molecule has 3 aromatic rings. The van der Waals surface area contributed by atoms with Gasteiger partial charge in [0.15, 0.2) is 5.78 Å². The summed E-state index contributed by atoms with van der Waals surface area (Å²) in [5, 5.41) is 12.2. The third-order valence-corrected chi connectivity index (χ3v) is 8.95. The molecule has 1 N–H and O–H groups in total. The first-order valence-corrected chi connectivity index (χ1v) is 18.0. The predicted octanol–water partition coefficient (Wildman–Crippen LogP) is 6.98. The maximum absolute atomic E-state index is 14.4. The lowest BCUT2D eigenvalue weighted by atomic mass is 9.83. The van der Waals surface area contributed by atoms with Crippen LogP contribution < -0.4 is 0 Å². The second kappa shape index (κ2) is 17.7. The lowest BCUT2D eigenvalue weighted by Crippen LogP contribution is -2.64. The van der Waals surface area contributed by atoms with Gasteiger partial charge in [0, 0.05) is 56.3 Å². The van der Waals surface area contributed by atoms with Crippen molar-refractivity contribution in [2.24, 2.45) is 5.92 Å². The molecule has 1 heterocycles. The van der Waals surface area contributed by atoms with Gasteiger partial charge in [-0.15, -0.1) is 0 Å². The minimum Gasteiger partial charge on any atom is -0.444 e. The number of aliphatic hydroxyl groups is 1. The number of aliphatic hydroxyl groups excluding tert-OH is 1. The fourth-order valence-electron chi connectivity index (χ4n) is 6.68. The van der Waals surface area contributed by atoms with E-state index in [1.54, 1.807) is 49.6 Å². The van der Waals surface area contributed by atoms with Gasteiger partial charge in [-0.1, -0.05) is 44.2 Å². The average molecular weight is 720 g/mol. The van der Waals surface area contributed by atoms with Gasteiger partial charge in [-0.05, 0) is 99.9 Å². The van der Waals surface area contributed by atoms with E-state index in [4.69, 9.17) is 4.74 Å². The number of benzene rings is 3. The topological polar surface area (TPSA) is 107 Å². The monoisotopic (exact) mass is 719 g/mol. The highest BCUT2D eigenvalue weighted by molar-refractivity contribution is 6.01. The molecule has 0 aromatic heterocycles. The summed E-state index contributed by atoms with van der Waals surface area (Å²) in [5.41, 5.74) is 1.36. The minimum atomic E-state index is -1.65. The largest absolute Gasteiger partial charge is 0.444 e. The number of carbonyl (C=O) groups excluding carboxylic acids is 4. The molecule has 0 saturated carbocycles. The van der Waals surface area contributed by atoms with E-state index < -0.39 is 53.1 Å². The van der Waals surface area contributed by atoms with Crippen LogP contribution in [0.3, 0.4) is 0 Å². The maximum Gasteiger partial charge on any atom is 0.411 e. The minimum absolute atomic E-state index is 0.0415. The van der Waals surface area contributed by atoms with E-state index in [-0.39, 0.29) is 49.5 Å². The Labute approximate surface area is 305 Å². The number of amides is 3. The molecule has 1 fully saturated rings. The van der Waals surface area contributed by atoms with Crippen LogP contribution in [0.5, 0.6) is 0 Å². The van der Waals surface area contributed by atoms with Crippen molar-refractivity contribution in [1.29, 1.82) is 0 Å². The second-order valence-corrected chi connectivity index (χ2v) is 14.6. The van der Waals surface area contributed by atoms with Crippen LogP contribution in [0, 0.1) is 24.5 Å². The smallest absolute Gasteiger partial charge is 0.411 e. The molecule has 0 radical (unpaired) electrons. The molecule has 0 unspecified atom stereocenters. The summed E-state index contributed by atoms with van der Waals surface area (Å²) in [6, 6.07) is 15.7. The quantitative estimate of drug-likeness (QED) is 0.180. The molecule has 0 bridgehead atoms. The molecule has 52 heavy (non-hydrogen) atoms. The molecule has 9 nitrogen and oxygen atoms in total. The summed E-state index contributed by atoms with van der Waals surface area (Å²) in [5.74, 6) is -3.94. The van der Waals surface area contributed by atoms with Gasteiger partial charge in [-0.2, -0.15) is 0 Å². The van der Waals surface area contributed by atoms with E-state index in [9.17, 15) is 33.1 Å². The summed E-state index contributed by atoms with van der Waals surface area (Å²) >= 11 is 0. The number of rotatable bonds is 14. The Balaban J connectivity index is 1.73. The van der Waals surface area contributed by atoms with Crippen molar-refractivity contribution in [2.45, 2.75) is 91.5 Å². The van der Waals surface area contributed by atoms with Gasteiger partial charge >= 0.3 is 6.09 Å². The first kappa shape index (κ1) is 40.1. The molecular formula is C41H51F2N3O6.